The fraction of sp³-hybridized carbons (Fsp3) is 0.263. The molecular formula is C19H16F3NO5. The summed E-state index contributed by atoms with van der Waals surface area (Å²) in [6, 6.07) is 8.52. The molecule has 9 heteroatoms. The average molecular weight is 395 g/mol. The van der Waals surface area contributed by atoms with E-state index < -0.39 is 35.5 Å². The Kier molecular flexibility index (Phi) is 5.17. The Labute approximate surface area is 158 Å². The van der Waals surface area contributed by atoms with Crippen LogP contribution in [0.15, 0.2) is 36.4 Å². The van der Waals surface area contributed by atoms with Crippen molar-refractivity contribution in [3.05, 3.63) is 47.5 Å². The average Bonchev–Trinajstić information content (AvgIpc) is 2.61. The molecule has 0 fully saturated rings. The molecule has 6 nitrogen and oxygen atoms in total. The van der Waals surface area contributed by atoms with E-state index >= 15 is 0 Å². The van der Waals surface area contributed by atoms with E-state index in [1.54, 1.807) is 24.3 Å². The van der Waals surface area contributed by atoms with Crippen LogP contribution in [-0.2, 0) is 22.2 Å². The Bertz CT molecular complexity index is 909. The normalized spacial score (nSPS) is 15.9. The molecule has 0 spiro atoms. The van der Waals surface area contributed by atoms with Crippen molar-refractivity contribution in [1.29, 1.82) is 0 Å². The lowest BCUT2D eigenvalue weighted by Crippen LogP contribution is -2.38. The third kappa shape index (κ3) is 4.19. The van der Waals surface area contributed by atoms with Gasteiger partial charge in [0.25, 0.3) is 5.91 Å². The summed E-state index contributed by atoms with van der Waals surface area (Å²) >= 11 is 0. The number of ether oxygens (including phenoxy) is 3. The number of rotatable bonds is 4. The lowest BCUT2D eigenvalue weighted by atomic mass is 10.0. The number of hydrogen-bond donors (Lipinski definition) is 1. The molecule has 1 N–H and O–H groups in total. The van der Waals surface area contributed by atoms with Crippen molar-refractivity contribution in [2.45, 2.75) is 25.6 Å². The Morgan fingerprint density at radius 3 is 2.46 bits per heavy atom. The molecule has 3 rings (SSSR count). The third-order valence-electron chi connectivity index (χ3n) is 4.04. The lowest BCUT2D eigenvalue weighted by Gasteiger charge is -2.27. The number of amides is 1. The van der Waals surface area contributed by atoms with E-state index in [0.717, 1.165) is 18.6 Å². The molecule has 0 saturated carbocycles. The van der Waals surface area contributed by atoms with Gasteiger partial charge in [0.15, 0.2) is 6.10 Å². The van der Waals surface area contributed by atoms with Crippen molar-refractivity contribution in [3.8, 4) is 17.2 Å². The predicted molar refractivity (Wildman–Crippen MR) is 92.5 cm³/mol. The van der Waals surface area contributed by atoms with Gasteiger partial charge in [0, 0.05) is 19.4 Å². The van der Waals surface area contributed by atoms with E-state index in [2.05, 4.69) is 10.1 Å². The summed E-state index contributed by atoms with van der Waals surface area (Å²) in [5, 5.41) is 2.50. The topological polar surface area (TPSA) is 73.9 Å². The van der Waals surface area contributed by atoms with Gasteiger partial charge in [-0.15, -0.1) is 0 Å². The highest BCUT2D eigenvalue weighted by atomic mass is 19.4. The highest BCUT2D eigenvalue weighted by Gasteiger charge is 2.38. The molecule has 2 aromatic rings. The van der Waals surface area contributed by atoms with Crippen LogP contribution in [0.3, 0.4) is 0 Å². The second-order valence-corrected chi connectivity index (χ2v) is 6.08. The minimum Gasteiger partial charge on any atom is -0.497 e. The summed E-state index contributed by atoms with van der Waals surface area (Å²) < 4.78 is 55.2. The van der Waals surface area contributed by atoms with Crippen LogP contribution in [0, 0.1) is 0 Å². The second-order valence-electron chi connectivity index (χ2n) is 6.08. The van der Waals surface area contributed by atoms with Gasteiger partial charge in [0.1, 0.15) is 22.8 Å². The standard InChI is InChI=1S/C19H16F3NO5/c1-10(24)27-15-9-14-16(8-13(15)19(20,21)22)28-17(18(25)23-14)7-11-3-5-12(26-2)6-4-11/h3-6,8-9,17H,7H2,1-2H3,(H,23,25)/t17-/m0/s1. The first kappa shape index (κ1) is 19.5. The predicted octanol–water partition coefficient (Wildman–Crippen LogP) is 3.58. The maximum Gasteiger partial charge on any atom is 0.420 e. The smallest absolute Gasteiger partial charge is 0.420 e. The number of methoxy groups -OCH3 is 1. The first-order chi connectivity index (χ1) is 13.2. The Morgan fingerprint density at radius 1 is 1.21 bits per heavy atom. The summed E-state index contributed by atoms with van der Waals surface area (Å²) in [5.41, 5.74) is -0.419. The Balaban J connectivity index is 1.89. The molecule has 0 aromatic heterocycles. The van der Waals surface area contributed by atoms with Crippen molar-refractivity contribution in [2.24, 2.45) is 0 Å². The molecule has 1 aliphatic rings. The van der Waals surface area contributed by atoms with Crippen molar-refractivity contribution < 1.29 is 37.0 Å². The van der Waals surface area contributed by atoms with Gasteiger partial charge in [-0.1, -0.05) is 12.1 Å². The first-order valence-electron chi connectivity index (χ1n) is 8.21. The molecule has 28 heavy (non-hydrogen) atoms. The monoisotopic (exact) mass is 395 g/mol. The van der Waals surface area contributed by atoms with E-state index in [-0.39, 0.29) is 17.9 Å². The largest absolute Gasteiger partial charge is 0.497 e. The van der Waals surface area contributed by atoms with E-state index in [0.29, 0.717) is 11.8 Å². The summed E-state index contributed by atoms with van der Waals surface area (Å²) in [6.07, 6.45) is -5.63. The zero-order valence-electron chi connectivity index (χ0n) is 14.9. The van der Waals surface area contributed by atoms with E-state index in [9.17, 15) is 22.8 Å². The minimum atomic E-state index is -4.77. The fourth-order valence-electron chi connectivity index (χ4n) is 2.75. The Morgan fingerprint density at radius 2 is 1.89 bits per heavy atom. The van der Waals surface area contributed by atoms with Gasteiger partial charge in [-0.3, -0.25) is 9.59 Å². The molecule has 2 aromatic carbocycles. The minimum absolute atomic E-state index is 0.000214. The van der Waals surface area contributed by atoms with Crippen LogP contribution in [0.1, 0.15) is 18.1 Å². The number of nitrogens with one attached hydrogen (secondary N) is 1. The summed E-state index contributed by atoms with van der Waals surface area (Å²) in [4.78, 5) is 23.4. The maximum absolute atomic E-state index is 13.3. The molecule has 0 bridgehead atoms. The van der Waals surface area contributed by atoms with Gasteiger partial charge in [-0.2, -0.15) is 13.2 Å². The van der Waals surface area contributed by atoms with E-state index in [1.165, 1.54) is 7.11 Å². The number of carbonyl (C=O) groups excluding carboxylic acids is 2. The van der Waals surface area contributed by atoms with Crippen LogP contribution in [-0.4, -0.2) is 25.1 Å². The molecule has 1 aliphatic heterocycles. The quantitative estimate of drug-likeness (QED) is 0.633. The molecule has 1 amide bonds. The van der Waals surface area contributed by atoms with Crippen LogP contribution in [0.4, 0.5) is 18.9 Å². The molecule has 1 atom stereocenters. The number of anilines is 1. The van der Waals surface area contributed by atoms with Crippen LogP contribution in [0.25, 0.3) is 0 Å². The summed E-state index contributed by atoms with van der Waals surface area (Å²) in [7, 11) is 1.52. The third-order valence-corrected chi connectivity index (χ3v) is 4.04. The highest BCUT2D eigenvalue weighted by Crippen LogP contribution is 2.43. The zero-order chi connectivity index (χ0) is 20.5. The number of esters is 1. The van der Waals surface area contributed by atoms with Crippen LogP contribution >= 0.6 is 0 Å². The van der Waals surface area contributed by atoms with E-state index in [4.69, 9.17) is 9.47 Å². The second kappa shape index (κ2) is 7.41. The van der Waals surface area contributed by atoms with Crippen molar-refractivity contribution in [2.75, 3.05) is 12.4 Å². The summed E-state index contributed by atoms with van der Waals surface area (Å²) in [6.45, 7) is 0.986. The van der Waals surface area contributed by atoms with Crippen LogP contribution < -0.4 is 19.5 Å². The molecule has 0 radical (unpaired) electrons. The zero-order valence-corrected chi connectivity index (χ0v) is 14.9. The number of fused-ring (bicyclic) bond motifs is 1. The van der Waals surface area contributed by atoms with Crippen molar-refractivity contribution >= 4 is 17.6 Å². The number of benzene rings is 2. The van der Waals surface area contributed by atoms with Crippen LogP contribution in [0.2, 0.25) is 0 Å². The molecule has 0 saturated heterocycles. The van der Waals surface area contributed by atoms with Gasteiger partial charge in [0.2, 0.25) is 0 Å². The lowest BCUT2D eigenvalue weighted by molar-refractivity contribution is -0.141. The molecule has 0 unspecified atom stereocenters. The van der Waals surface area contributed by atoms with E-state index in [1.807, 2.05) is 0 Å². The Hall–Kier alpha value is -3.23. The van der Waals surface area contributed by atoms with Crippen LogP contribution in [0.5, 0.6) is 17.2 Å². The maximum atomic E-state index is 13.3. The molecule has 1 heterocycles. The van der Waals surface area contributed by atoms with Gasteiger partial charge >= 0.3 is 12.1 Å². The summed E-state index contributed by atoms with van der Waals surface area (Å²) in [5.74, 6) is -1.64. The fourth-order valence-corrected chi connectivity index (χ4v) is 2.75. The number of alkyl halides is 3. The highest BCUT2D eigenvalue weighted by molar-refractivity contribution is 5.98. The van der Waals surface area contributed by atoms with Gasteiger partial charge in [0.05, 0.1) is 12.8 Å². The molecule has 0 aliphatic carbocycles. The number of halogens is 3. The first-order valence-corrected chi connectivity index (χ1v) is 8.21. The molecule has 148 valence electrons. The molecular weight excluding hydrogens is 379 g/mol. The van der Waals surface area contributed by atoms with Gasteiger partial charge in [-0.25, -0.2) is 0 Å². The van der Waals surface area contributed by atoms with Crippen molar-refractivity contribution in [1.82, 2.24) is 0 Å². The number of hydrogen-bond acceptors (Lipinski definition) is 5. The van der Waals surface area contributed by atoms with Gasteiger partial charge in [-0.05, 0) is 23.8 Å². The number of carbonyl (C=O) groups is 2. The van der Waals surface area contributed by atoms with Crippen molar-refractivity contribution in [3.63, 3.8) is 0 Å². The van der Waals surface area contributed by atoms with Gasteiger partial charge < -0.3 is 19.5 Å². The SMILES string of the molecule is COc1ccc(C[C@@H]2Oc3cc(C(F)(F)F)c(OC(C)=O)cc3NC2=O)cc1.